The largest absolute Gasteiger partial charge is 0.480 e. The molecule has 5 N–H and O–H groups in total. The summed E-state index contributed by atoms with van der Waals surface area (Å²) in [6, 6.07) is -1.73. The summed E-state index contributed by atoms with van der Waals surface area (Å²) < 4.78 is 0. The second-order valence-corrected chi connectivity index (χ2v) is 8.36. The molecule has 0 spiro atoms. The molecule has 0 saturated heterocycles. The summed E-state index contributed by atoms with van der Waals surface area (Å²) in [7, 11) is 0. The molecule has 0 rings (SSSR count). The van der Waals surface area contributed by atoms with E-state index >= 15 is 0 Å². The maximum atomic E-state index is 11.7. The molecule has 0 aliphatic rings. The van der Waals surface area contributed by atoms with Crippen molar-refractivity contribution in [1.29, 1.82) is 0 Å². The molecule has 0 fully saturated rings. The van der Waals surface area contributed by atoms with Gasteiger partial charge in [-0.15, -0.1) is 0 Å². The van der Waals surface area contributed by atoms with Gasteiger partial charge in [0.15, 0.2) is 0 Å². The Labute approximate surface area is 150 Å². The van der Waals surface area contributed by atoms with Gasteiger partial charge in [0.05, 0.1) is 6.04 Å². The number of carboxylic acid groups (broad SMARTS) is 1. The number of nitrogens with two attached hydrogens (primary N) is 2. The molecule has 0 heterocycles. The highest BCUT2D eigenvalue weighted by Gasteiger charge is 2.31. The van der Waals surface area contributed by atoms with Crippen molar-refractivity contribution in [2.45, 2.75) is 73.9 Å². The third kappa shape index (κ3) is 10.1. The summed E-state index contributed by atoms with van der Waals surface area (Å²) in [6.45, 7) is 13.8. The van der Waals surface area contributed by atoms with Gasteiger partial charge in [0.25, 0.3) is 0 Å². The van der Waals surface area contributed by atoms with Gasteiger partial charge in [-0.2, -0.15) is 0 Å². The van der Waals surface area contributed by atoms with E-state index in [1.54, 1.807) is 27.7 Å². The second kappa shape index (κ2) is 9.77. The Hall–Kier alpha value is -1.60. The van der Waals surface area contributed by atoms with Crippen LogP contribution in [0, 0.1) is 16.7 Å². The third-order valence-corrected chi connectivity index (χ3v) is 3.72. The van der Waals surface area contributed by atoms with Crippen molar-refractivity contribution in [3.8, 4) is 0 Å². The van der Waals surface area contributed by atoms with Crippen LogP contribution in [0.1, 0.15) is 61.8 Å². The summed E-state index contributed by atoms with van der Waals surface area (Å²) in [5.41, 5.74) is 9.85. The second-order valence-electron chi connectivity index (χ2n) is 8.36. The number of aliphatic carboxylic acids is 1. The lowest BCUT2D eigenvalue weighted by atomic mass is 9.80. The Bertz CT molecular complexity index is 501. The molecular weight excluding hydrogens is 324 g/mol. The number of carboxylic acids is 1. The fourth-order valence-corrected chi connectivity index (χ4v) is 1.79. The Morgan fingerprint density at radius 1 is 0.920 bits per heavy atom. The van der Waals surface area contributed by atoms with Crippen LogP contribution in [0.3, 0.4) is 0 Å². The van der Waals surface area contributed by atoms with Crippen LogP contribution in [0.2, 0.25) is 0 Å². The van der Waals surface area contributed by atoms with E-state index in [0.717, 1.165) is 0 Å². The molecule has 25 heavy (non-hydrogen) atoms. The molecule has 0 amide bonds. The minimum atomic E-state index is -1.13. The average Bonchev–Trinajstić information content (AvgIpc) is 2.43. The summed E-state index contributed by atoms with van der Waals surface area (Å²) in [5.74, 6) is -1.75. The molecule has 3 unspecified atom stereocenters. The Morgan fingerprint density at radius 3 is 1.56 bits per heavy atom. The van der Waals surface area contributed by atoms with Gasteiger partial charge in [0.2, 0.25) is 0 Å². The van der Waals surface area contributed by atoms with Gasteiger partial charge in [-0.1, -0.05) is 48.5 Å². The number of carbonyl (C=O) groups is 4. The molecule has 7 nitrogen and oxygen atoms in total. The summed E-state index contributed by atoms with van der Waals surface area (Å²) in [6.07, 6.45) is -0.0984. The Kier molecular flexibility index (Phi) is 10.0. The number of hydrogen-bond acceptors (Lipinski definition) is 6. The molecule has 146 valence electrons. The number of hydrogen-bond donors (Lipinski definition) is 3. The van der Waals surface area contributed by atoms with Crippen molar-refractivity contribution in [3.05, 3.63) is 0 Å². The molecule has 3 atom stereocenters. The lowest BCUT2D eigenvalue weighted by Crippen LogP contribution is -2.43. The SMILES string of the molecule is CC(=O)C(N)C(C)C(=O)C(C)(C)C.CC(C)(C)C(=O)CC(N)C(=O)O. The molecule has 0 aromatic heterocycles. The molecule has 0 aromatic carbocycles. The van der Waals surface area contributed by atoms with Crippen molar-refractivity contribution >= 4 is 23.3 Å². The highest BCUT2D eigenvalue weighted by atomic mass is 16.4. The molecular formula is C18H34N2O5. The number of Topliss-reactive ketones (excluding diaryl/α,β-unsaturated/α-hetero) is 3. The maximum Gasteiger partial charge on any atom is 0.320 e. The van der Waals surface area contributed by atoms with Gasteiger partial charge in [-0.25, -0.2) is 0 Å². The molecule has 0 aliphatic heterocycles. The number of rotatable bonds is 6. The minimum Gasteiger partial charge on any atom is -0.480 e. The molecule has 0 saturated carbocycles. The predicted octanol–water partition coefficient (Wildman–Crippen LogP) is 1.56. The van der Waals surface area contributed by atoms with Crippen molar-refractivity contribution < 1.29 is 24.3 Å². The van der Waals surface area contributed by atoms with Crippen molar-refractivity contribution in [2.24, 2.45) is 28.2 Å². The van der Waals surface area contributed by atoms with Crippen LogP contribution >= 0.6 is 0 Å². The fourth-order valence-electron chi connectivity index (χ4n) is 1.79. The van der Waals surface area contributed by atoms with Gasteiger partial charge in [0, 0.05) is 23.2 Å². The highest BCUT2D eigenvalue weighted by Crippen LogP contribution is 2.21. The first kappa shape index (κ1) is 25.6. The van der Waals surface area contributed by atoms with Gasteiger partial charge in [-0.3, -0.25) is 19.2 Å². The predicted molar refractivity (Wildman–Crippen MR) is 97.0 cm³/mol. The van der Waals surface area contributed by atoms with Crippen LogP contribution in [0.4, 0.5) is 0 Å². The van der Waals surface area contributed by atoms with Gasteiger partial charge >= 0.3 is 5.97 Å². The molecule has 0 aliphatic carbocycles. The van der Waals surface area contributed by atoms with Crippen LogP contribution < -0.4 is 11.5 Å². The lowest BCUT2D eigenvalue weighted by Gasteiger charge is -2.24. The van der Waals surface area contributed by atoms with Crippen molar-refractivity contribution in [3.63, 3.8) is 0 Å². The zero-order chi connectivity index (χ0) is 20.7. The molecule has 0 radical (unpaired) electrons. The zero-order valence-electron chi connectivity index (χ0n) is 16.7. The summed E-state index contributed by atoms with van der Waals surface area (Å²) in [4.78, 5) is 44.1. The molecule has 0 aromatic rings. The van der Waals surface area contributed by atoms with Gasteiger partial charge < -0.3 is 16.6 Å². The van der Waals surface area contributed by atoms with Crippen LogP contribution in [0.15, 0.2) is 0 Å². The minimum absolute atomic E-state index is 0.0372. The normalized spacial score (nSPS) is 15.3. The van der Waals surface area contributed by atoms with E-state index < -0.39 is 34.8 Å². The van der Waals surface area contributed by atoms with E-state index in [1.807, 2.05) is 20.8 Å². The van der Waals surface area contributed by atoms with E-state index in [9.17, 15) is 19.2 Å². The van der Waals surface area contributed by atoms with E-state index in [4.69, 9.17) is 16.6 Å². The first-order valence-electron chi connectivity index (χ1n) is 8.25. The maximum absolute atomic E-state index is 11.7. The third-order valence-electron chi connectivity index (χ3n) is 3.72. The first-order chi connectivity index (χ1) is 10.9. The van der Waals surface area contributed by atoms with Crippen LogP contribution in [0.5, 0.6) is 0 Å². The quantitative estimate of drug-likeness (QED) is 0.654. The zero-order valence-corrected chi connectivity index (χ0v) is 16.7. The Balaban J connectivity index is 0. The van der Waals surface area contributed by atoms with Gasteiger partial charge in [0.1, 0.15) is 23.4 Å². The van der Waals surface area contributed by atoms with Gasteiger partial charge in [-0.05, 0) is 6.92 Å². The number of ketones is 3. The average molecular weight is 358 g/mol. The summed E-state index contributed by atoms with van der Waals surface area (Å²) in [5, 5.41) is 8.42. The monoisotopic (exact) mass is 358 g/mol. The van der Waals surface area contributed by atoms with E-state index in [-0.39, 0.29) is 23.8 Å². The topological polar surface area (TPSA) is 141 Å². The smallest absolute Gasteiger partial charge is 0.320 e. The highest BCUT2D eigenvalue weighted by molar-refractivity contribution is 5.93. The van der Waals surface area contributed by atoms with E-state index in [2.05, 4.69) is 0 Å². The van der Waals surface area contributed by atoms with Crippen molar-refractivity contribution in [1.82, 2.24) is 0 Å². The van der Waals surface area contributed by atoms with E-state index in [1.165, 1.54) is 6.92 Å². The fraction of sp³-hybridized carbons (Fsp3) is 0.778. The van der Waals surface area contributed by atoms with Crippen LogP contribution in [-0.4, -0.2) is 40.5 Å². The van der Waals surface area contributed by atoms with Crippen molar-refractivity contribution in [2.75, 3.05) is 0 Å². The lowest BCUT2D eigenvalue weighted by molar-refractivity contribution is -0.141. The molecule has 7 heteroatoms. The first-order valence-corrected chi connectivity index (χ1v) is 8.25. The van der Waals surface area contributed by atoms with E-state index in [0.29, 0.717) is 0 Å². The van der Waals surface area contributed by atoms with Crippen LogP contribution in [0.25, 0.3) is 0 Å². The standard InChI is InChI=1S/C10H19NO2.C8H15NO3/c1-6(8(11)7(2)12)9(13)10(3,4)5;1-8(2,3)6(10)4-5(9)7(11)12/h6,8H,11H2,1-5H3;5H,4,9H2,1-3H3,(H,11,12). The summed E-state index contributed by atoms with van der Waals surface area (Å²) >= 11 is 0. The number of carbonyl (C=O) groups excluding carboxylic acids is 3. The van der Waals surface area contributed by atoms with Crippen LogP contribution in [-0.2, 0) is 19.2 Å². The Morgan fingerprint density at radius 2 is 1.32 bits per heavy atom. The molecule has 0 bridgehead atoms.